The highest BCUT2D eigenvalue weighted by molar-refractivity contribution is 5.73. The van der Waals surface area contributed by atoms with Crippen LogP contribution in [0.1, 0.15) is 45.4 Å². The van der Waals surface area contributed by atoms with Crippen molar-refractivity contribution in [1.29, 1.82) is 0 Å². The summed E-state index contributed by atoms with van der Waals surface area (Å²) in [6.45, 7) is 3.54. The summed E-state index contributed by atoms with van der Waals surface area (Å²) in [5.74, 6) is 0. The molecule has 89 valence electrons. The summed E-state index contributed by atoms with van der Waals surface area (Å²) in [4.78, 5) is 11.2. The molecule has 0 aromatic rings. The Hall–Kier alpha value is -0.770. The number of nitrogens with one attached hydrogen (secondary N) is 2. The molecule has 0 atom stereocenters. The second-order valence-corrected chi connectivity index (χ2v) is 3.65. The van der Waals surface area contributed by atoms with E-state index in [9.17, 15) is 9.90 Å². The average molecular weight is 215 g/mol. The number of rotatable bonds is 9. The molecule has 4 nitrogen and oxygen atoms in total. The molecule has 0 rings (SSSR count). The van der Waals surface area contributed by atoms with Crippen LogP contribution in [0.15, 0.2) is 0 Å². The highest BCUT2D eigenvalue weighted by Gasteiger charge is 1.97. The first kappa shape index (κ1) is 14.2. The van der Waals surface area contributed by atoms with E-state index in [0.29, 0.717) is 13.0 Å². The van der Waals surface area contributed by atoms with Gasteiger partial charge >= 0.3 is 6.03 Å². The maximum absolute atomic E-state index is 11.2. The topological polar surface area (TPSA) is 61.0 Å². The molecule has 0 saturated heterocycles. The standard InChI is InChI=1S/C11H23N2O2/c1-2-3-5-8-12-11(15)13-9-6-4-7-10-14/h2-10H2,1H3,(H2,12,13,15). The van der Waals surface area contributed by atoms with Crippen molar-refractivity contribution in [2.75, 3.05) is 19.7 Å². The summed E-state index contributed by atoms with van der Waals surface area (Å²) in [5, 5.41) is 15.7. The van der Waals surface area contributed by atoms with Crippen LogP contribution in [0.4, 0.5) is 4.79 Å². The Balaban J connectivity index is 3.11. The number of hydrogen-bond acceptors (Lipinski definition) is 1. The second kappa shape index (κ2) is 11.3. The Labute approximate surface area is 92.4 Å². The lowest BCUT2D eigenvalue weighted by molar-refractivity contribution is 0.186. The molecule has 0 aliphatic heterocycles. The molecule has 0 unspecified atom stereocenters. The fourth-order valence-corrected chi connectivity index (χ4v) is 1.25. The van der Waals surface area contributed by atoms with Crippen molar-refractivity contribution in [3.05, 3.63) is 0 Å². The quantitative estimate of drug-likeness (QED) is 0.568. The van der Waals surface area contributed by atoms with E-state index in [2.05, 4.69) is 17.6 Å². The minimum Gasteiger partial charge on any atom is -0.338 e. The van der Waals surface area contributed by atoms with E-state index < -0.39 is 0 Å². The Bertz CT molecular complexity index is 152. The molecule has 0 heterocycles. The molecule has 0 aromatic heterocycles. The zero-order valence-corrected chi connectivity index (χ0v) is 9.68. The summed E-state index contributed by atoms with van der Waals surface area (Å²) >= 11 is 0. The molecule has 0 aromatic carbocycles. The van der Waals surface area contributed by atoms with Gasteiger partial charge in [0.05, 0.1) is 6.61 Å². The normalized spacial score (nSPS) is 10.0. The number of carbonyl (C=O) groups is 1. The van der Waals surface area contributed by atoms with Gasteiger partial charge in [0.2, 0.25) is 0 Å². The van der Waals surface area contributed by atoms with Crippen molar-refractivity contribution in [3.8, 4) is 0 Å². The molecule has 0 bridgehead atoms. The third kappa shape index (κ3) is 11.2. The van der Waals surface area contributed by atoms with Gasteiger partial charge in [0.1, 0.15) is 0 Å². The van der Waals surface area contributed by atoms with E-state index in [1.165, 1.54) is 6.42 Å². The lowest BCUT2D eigenvalue weighted by Crippen LogP contribution is -2.36. The van der Waals surface area contributed by atoms with Crippen molar-refractivity contribution in [2.24, 2.45) is 0 Å². The van der Waals surface area contributed by atoms with Gasteiger partial charge in [0.25, 0.3) is 0 Å². The van der Waals surface area contributed by atoms with E-state index in [4.69, 9.17) is 0 Å². The Morgan fingerprint density at radius 3 is 2.07 bits per heavy atom. The molecule has 0 aliphatic rings. The molecule has 1 radical (unpaired) electrons. The first-order valence-electron chi connectivity index (χ1n) is 5.91. The zero-order valence-electron chi connectivity index (χ0n) is 9.68. The monoisotopic (exact) mass is 215 g/mol. The van der Waals surface area contributed by atoms with E-state index >= 15 is 0 Å². The van der Waals surface area contributed by atoms with Crippen LogP contribution in [0.3, 0.4) is 0 Å². The van der Waals surface area contributed by atoms with Gasteiger partial charge in [0.15, 0.2) is 0 Å². The van der Waals surface area contributed by atoms with Gasteiger partial charge in [0, 0.05) is 13.1 Å². The van der Waals surface area contributed by atoms with Crippen molar-refractivity contribution in [1.82, 2.24) is 10.6 Å². The van der Waals surface area contributed by atoms with E-state index in [1.807, 2.05) is 0 Å². The Morgan fingerprint density at radius 2 is 1.53 bits per heavy atom. The second-order valence-electron chi connectivity index (χ2n) is 3.65. The molecule has 2 N–H and O–H groups in total. The molecule has 0 fully saturated rings. The molecule has 0 saturated carbocycles. The smallest absolute Gasteiger partial charge is 0.314 e. The van der Waals surface area contributed by atoms with Crippen LogP contribution in [-0.4, -0.2) is 25.7 Å². The summed E-state index contributed by atoms with van der Waals surface area (Å²) in [5.41, 5.74) is 0. The third-order valence-electron chi connectivity index (χ3n) is 2.17. The van der Waals surface area contributed by atoms with Crippen molar-refractivity contribution < 1.29 is 9.90 Å². The number of amides is 2. The first-order chi connectivity index (χ1) is 7.31. The van der Waals surface area contributed by atoms with Crippen LogP contribution in [-0.2, 0) is 5.11 Å². The predicted octanol–water partition coefficient (Wildman–Crippen LogP) is 2.08. The lowest BCUT2D eigenvalue weighted by atomic mass is 10.2. The molecule has 0 aliphatic carbocycles. The van der Waals surface area contributed by atoms with Gasteiger partial charge in [-0.1, -0.05) is 19.8 Å². The molecular formula is C11H23N2O2. The van der Waals surface area contributed by atoms with E-state index in [1.54, 1.807) is 0 Å². The van der Waals surface area contributed by atoms with Crippen molar-refractivity contribution >= 4 is 6.03 Å². The summed E-state index contributed by atoms with van der Waals surface area (Å²) in [6, 6.07) is -0.0896. The summed E-state index contributed by atoms with van der Waals surface area (Å²) < 4.78 is 0. The fraction of sp³-hybridized carbons (Fsp3) is 0.909. The Morgan fingerprint density at radius 1 is 0.933 bits per heavy atom. The number of urea groups is 1. The average Bonchev–Trinajstić information content (AvgIpc) is 2.24. The molecule has 4 heteroatoms. The first-order valence-corrected chi connectivity index (χ1v) is 5.91. The van der Waals surface area contributed by atoms with Crippen LogP contribution < -0.4 is 10.6 Å². The molecule has 0 spiro atoms. The molecular weight excluding hydrogens is 192 g/mol. The number of hydrogen-bond donors (Lipinski definition) is 2. The third-order valence-corrected chi connectivity index (χ3v) is 2.17. The van der Waals surface area contributed by atoms with Gasteiger partial charge in [-0.2, -0.15) is 0 Å². The maximum Gasteiger partial charge on any atom is 0.314 e. The SMILES string of the molecule is CCCCCNC(=O)NCCCCC[O]. The molecule has 15 heavy (non-hydrogen) atoms. The van der Waals surface area contributed by atoms with E-state index in [-0.39, 0.29) is 12.6 Å². The minimum absolute atomic E-state index is 0.0107. The highest BCUT2D eigenvalue weighted by Crippen LogP contribution is 1.92. The summed E-state index contributed by atoms with van der Waals surface area (Å²) in [7, 11) is 0. The van der Waals surface area contributed by atoms with Crippen LogP contribution in [0.5, 0.6) is 0 Å². The summed E-state index contributed by atoms with van der Waals surface area (Å²) in [6.07, 6.45) is 5.87. The van der Waals surface area contributed by atoms with Gasteiger partial charge in [-0.15, -0.1) is 0 Å². The minimum atomic E-state index is -0.0896. The van der Waals surface area contributed by atoms with Crippen LogP contribution in [0, 0.1) is 0 Å². The fourth-order valence-electron chi connectivity index (χ4n) is 1.25. The Kier molecular flexibility index (Phi) is 10.7. The van der Waals surface area contributed by atoms with Crippen molar-refractivity contribution in [3.63, 3.8) is 0 Å². The van der Waals surface area contributed by atoms with Crippen molar-refractivity contribution in [2.45, 2.75) is 45.4 Å². The number of carbonyl (C=O) groups excluding carboxylic acids is 1. The molecule has 2 amide bonds. The van der Waals surface area contributed by atoms with Gasteiger partial charge in [-0.05, 0) is 25.7 Å². The van der Waals surface area contributed by atoms with Gasteiger partial charge < -0.3 is 10.6 Å². The van der Waals surface area contributed by atoms with Gasteiger partial charge in [-0.25, -0.2) is 9.90 Å². The van der Waals surface area contributed by atoms with Crippen LogP contribution >= 0.6 is 0 Å². The highest BCUT2D eigenvalue weighted by atomic mass is 16.2. The van der Waals surface area contributed by atoms with Crippen LogP contribution in [0.25, 0.3) is 0 Å². The lowest BCUT2D eigenvalue weighted by Gasteiger charge is -2.06. The van der Waals surface area contributed by atoms with Crippen LogP contribution in [0.2, 0.25) is 0 Å². The van der Waals surface area contributed by atoms with Gasteiger partial charge in [-0.3, -0.25) is 0 Å². The number of unbranched alkanes of at least 4 members (excludes halogenated alkanes) is 4. The largest absolute Gasteiger partial charge is 0.338 e. The van der Waals surface area contributed by atoms with E-state index in [0.717, 1.165) is 32.2 Å². The zero-order chi connectivity index (χ0) is 11.4. The maximum atomic E-state index is 11.2. The predicted molar refractivity (Wildman–Crippen MR) is 60.3 cm³/mol.